The molecule has 0 radical (unpaired) electrons. The van der Waals surface area contributed by atoms with E-state index in [1.165, 1.54) is 16.2 Å². The van der Waals surface area contributed by atoms with Crippen molar-refractivity contribution in [3.8, 4) is 16.2 Å². The molecule has 1 fully saturated rings. The first-order valence-corrected chi connectivity index (χ1v) is 14.3. The summed E-state index contributed by atoms with van der Waals surface area (Å²) in [6, 6.07) is 6.44. The SMILES string of the molecule is Cc1cc([C@H](C(=O)N2C[C@H](O)C[C@H]2C(=O)NCc2ccc(-c3scnc3C)cc2OCCNC(=O)O)C(C)C)on1. The fraction of sp³-hybridized carbons (Fsp3) is 0.464. The predicted octanol–water partition coefficient (Wildman–Crippen LogP) is 3.08. The molecule has 3 aromatic rings. The number of ether oxygens (including phenoxy) is 1. The lowest BCUT2D eigenvalue weighted by Crippen LogP contribution is -2.48. The van der Waals surface area contributed by atoms with Gasteiger partial charge in [0, 0.05) is 31.1 Å². The highest BCUT2D eigenvalue weighted by molar-refractivity contribution is 7.13. The minimum Gasteiger partial charge on any atom is -0.491 e. The van der Waals surface area contributed by atoms with E-state index in [0.29, 0.717) is 22.8 Å². The zero-order chi connectivity index (χ0) is 29.7. The summed E-state index contributed by atoms with van der Waals surface area (Å²) >= 11 is 1.49. The highest BCUT2D eigenvalue weighted by Crippen LogP contribution is 2.33. The van der Waals surface area contributed by atoms with E-state index in [4.69, 9.17) is 14.4 Å². The van der Waals surface area contributed by atoms with E-state index >= 15 is 0 Å². The molecule has 3 heterocycles. The fourth-order valence-electron chi connectivity index (χ4n) is 4.92. The molecule has 1 aliphatic rings. The van der Waals surface area contributed by atoms with Crippen molar-refractivity contribution in [2.45, 2.75) is 58.7 Å². The molecule has 0 spiro atoms. The van der Waals surface area contributed by atoms with Crippen LogP contribution in [0.2, 0.25) is 0 Å². The van der Waals surface area contributed by atoms with Gasteiger partial charge in [0.1, 0.15) is 30.1 Å². The standard InChI is InChI=1S/C28H35N5O7S/c1-15(2)24(23-9-16(3)32-40-23)27(36)33-13-20(34)11-21(33)26(35)30-12-19-6-5-18(25-17(4)31-14-41-25)10-22(19)39-8-7-29-28(37)38/h5-6,9-10,14-15,20-21,24,29,34H,7-8,11-13H2,1-4H3,(H,30,35)(H,37,38)/t20-,21+,24-/m1/s1. The van der Waals surface area contributed by atoms with E-state index in [1.807, 2.05) is 39.0 Å². The van der Waals surface area contributed by atoms with Gasteiger partial charge in [0.15, 0.2) is 0 Å². The monoisotopic (exact) mass is 585 g/mol. The summed E-state index contributed by atoms with van der Waals surface area (Å²) in [4.78, 5) is 44.5. The van der Waals surface area contributed by atoms with Gasteiger partial charge in [-0.3, -0.25) is 9.59 Å². The van der Waals surface area contributed by atoms with E-state index in [-0.39, 0.29) is 44.5 Å². The fourth-order valence-corrected chi connectivity index (χ4v) is 5.73. The summed E-state index contributed by atoms with van der Waals surface area (Å²) in [5, 5.41) is 28.3. The third-order valence-corrected chi connectivity index (χ3v) is 7.89. The van der Waals surface area contributed by atoms with E-state index in [2.05, 4.69) is 20.8 Å². The number of benzene rings is 1. The van der Waals surface area contributed by atoms with Gasteiger partial charge in [0.2, 0.25) is 11.8 Å². The first-order chi connectivity index (χ1) is 19.5. The van der Waals surface area contributed by atoms with E-state index < -0.39 is 30.1 Å². The molecule has 0 saturated carbocycles. The molecular weight excluding hydrogens is 550 g/mol. The number of hydrogen-bond donors (Lipinski definition) is 4. The Hall–Kier alpha value is -3.97. The predicted molar refractivity (Wildman–Crippen MR) is 151 cm³/mol. The summed E-state index contributed by atoms with van der Waals surface area (Å²) in [6.45, 7) is 7.80. The zero-order valence-corrected chi connectivity index (χ0v) is 24.2. The number of aromatic nitrogens is 2. The molecular formula is C28H35N5O7S. The minimum absolute atomic E-state index is 0.0428. The molecule has 12 nitrogen and oxygen atoms in total. The summed E-state index contributed by atoms with van der Waals surface area (Å²) in [5.74, 6) is -0.536. The van der Waals surface area contributed by atoms with Crippen LogP contribution in [0.4, 0.5) is 4.79 Å². The van der Waals surface area contributed by atoms with Crippen LogP contribution >= 0.6 is 11.3 Å². The van der Waals surface area contributed by atoms with Crippen molar-refractivity contribution in [1.82, 2.24) is 25.7 Å². The molecule has 2 aromatic heterocycles. The van der Waals surface area contributed by atoms with E-state index in [9.17, 15) is 19.5 Å². The highest BCUT2D eigenvalue weighted by atomic mass is 32.1. The molecule has 1 saturated heterocycles. The number of carbonyl (C=O) groups excluding carboxylic acids is 2. The number of hydrogen-bond acceptors (Lipinski definition) is 9. The summed E-state index contributed by atoms with van der Waals surface area (Å²) in [5.41, 5.74) is 4.85. The van der Waals surface area contributed by atoms with Crippen LogP contribution in [0.25, 0.3) is 10.4 Å². The van der Waals surface area contributed by atoms with Gasteiger partial charge >= 0.3 is 6.09 Å². The quantitative estimate of drug-likeness (QED) is 0.247. The maximum Gasteiger partial charge on any atom is 0.404 e. The Balaban J connectivity index is 1.50. The van der Waals surface area contributed by atoms with Crippen molar-refractivity contribution in [1.29, 1.82) is 0 Å². The molecule has 4 N–H and O–H groups in total. The van der Waals surface area contributed by atoms with Crippen molar-refractivity contribution in [3.63, 3.8) is 0 Å². The smallest absolute Gasteiger partial charge is 0.404 e. The maximum atomic E-state index is 13.6. The third kappa shape index (κ3) is 7.22. The Morgan fingerprint density at radius 2 is 2.00 bits per heavy atom. The highest BCUT2D eigenvalue weighted by Gasteiger charge is 2.43. The second kappa shape index (κ2) is 13.1. The number of carbonyl (C=O) groups is 3. The number of likely N-dealkylation sites (tertiary alicyclic amines) is 1. The van der Waals surface area contributed by atoms with Crippen LogP contribution in [-0.4, -0.2) is 75.0 Å². The number of thiazole rings is 1. The zero-order valence-electron chi connectivity index (χ0n) is 23.4. The second-order valence-corrected chi connectivity index (χ2v) is 11.2. The number of nitrogens with zero attached hydrogens (tertiary/aromatic N) is 3. The third-order valence-electron chi connectivity index (χ3n) is 6.91. The van der Waals surface area contributed by atoms with Crippen molar-refractivity contribution < 1.29 is 33.9 Å². The van der Waals surface area contributed by atoms with Crippen LogP contribution in [0.1, 0.15) is 48.9 Å². The Labute approximate surface area is 241 Å². The molecule has 1 aromatic carbocycles. The van der Waals surface area contributed by atoms with Crippen molar-refractivity contribution >= 4 is 29.2 Å². The lowest BCUT2D eigenvalue weighted by Gasteiger charge is -2.28. The van der Waals surface area contributed by atoms with Crippen LogP contribution in [0.3, 0.4) is 0 Å². The molecule has 3 atom stereocenters. The molecule has 41 heavy (non-hydrogen) atoms. The Morgan fingerprint density at radius 1 is 1.22 bits per heavy atom. The topological polar surface area (TPSA) is 167 Å². The summed E-state index contributed by atoms with van der Waals surface area (Å²) < 4.78 is 11.3. The molecule has 0 unspecified atom stereocenters. The minimum atomic E-state index is -1.15. The molecule has 0 bridgehead atoms. The average molecular weight is 586 g/mol. The van der Waals surface area contributed by atoms with Crippen LogP contribution in [0.5, 0.6) is 5.75 Å². The van der Waals surface area contributed by atoms with Crippen molar-refractivity contribution in [2.75, 3.05) is 19.7 Å². The van der Waals surface area contributed by atoms with Crippen LogP contribution in [0.15, 0.2) is 34.3 Å². The molecule has 3 amide bonds. The van der Waals surface area contributed by atoms with Gasteiger partial charge in [-0.1, -0.05) is 31.1 Å². The Morgan fingerprint density at radius 3 is 2.63 bits per heavy atom. The van der Waals surface area contributed by atoms with Crippen molar-refractivity contribution in [3.05, 3.63) is 52.5 Å². The largest absolute Gasteiger partial charge is 0.491 e. The molecule has 1 aliphatic heterocycles. The lowest BCUT2D eigenvalue weighted by atomic mass is 9.91. The van der Waals surface area contributed by atoms with Gasteiger partial charge in [0.05, 0.1) is 34.4 Å². The van der Waals surface area contributed by atoms with Gasteiger partial charge in [0.25, 0.3) is 0 Å². The van der Waals surface area contributed by atoms with Gasteiger partial charge in [-0.25, -0.2) is 9.78 Å². The lowest BCUT2D eigenvalue weighted by molar-refractivity contribution is -0.141. The second-order valence-electron chi connectivity index (χ2n) is 10.4. The van der Waals surface area contributed by atoms with Crippen LogP contribution < -0.4 is 15.4 Å². The van der Waals surface area contributed by atoms with Gasteiger partial charge in [-0.2, -0.15) is 0 Å². The number of rotatable bonds is 11. The maximum absolute atomic E-state index is 13.6. The van der Waals surface area contributed by atoms with E-state index in [0.717, 1.165) is 16.1 Å². The first kappa shape index (κ1) is 30.0. The Kier molecular flexibility index (Phi) is 9.61. The molecule has 4 rings (SSSR count). The number of aliphatic hydroxyl groups excluding tert-OH is 1. The van der Waals surface area contributed by atoms with Gasteiger partial charge in [-0.15, -0.1) is 11.3 Å². The number of nitrogens with one attached hydrogen (secondary N) is 2. The van der Waals surface area contributed by atoms with Gasteiger partial charge < -0.3 is 35.0 Å². The molecule has 13 heteroatoms. The number of aryl methyl sites for hydroxylation is 2. The number of carboxylic acid groups (broad SMARTS) is 1. The van der Waals surface area contributed by atoms with Crippen molar-refractivity contribution in [2.24, 2.45) is 5.92 Å². The van der Waals surface area contributed by atoms with Crippen LogP contribution in [0, 0.1) is 19.8 Å². The number of aliphatic hydroxyl groups is 1. The Bertz CT molecular complexity index is 1390. The summed E-state index contributed by atoms with van der Waals surface area (Å²) in [7, 11) is 0. The van der Waals surface area contributed by atoms with E-state index in [1.54, 1.807) is 18.5 Å². The average Bonchev–Trinajstić information content (AvgIpc) is 3.65. The first-order valence-electron chi connectivity index (χ1n) is 13.4. The molecule has 220 valence electrons. The number of amides is 3. The number of β-amino-alcohol motifs (C(OH)–C–C–N with tert-alkyl or cyclic N) is 1. The summed E-state index contributed by atoms with van der Waals surface area (Å²) in [6.07, 6.45) is -1.86. The normalized spacial score (nSPS) is 17.5. The van der Waals surface area contributed by atoms with Crippen LogP contribution in [-0.2, 0) is 16.1 Å². The molecule has 0 aliphatic carbocycles. The van der Waals surface area contributed by atoms with Gasteiger partial charge in [-0.05, 0) is 31.4 Å².